The van der Waals surface area contributed by atoms with Crippen molar-refractivity contribution in [3.8, 4) is 0 Å². The molecular formula is C17H23N5O3. The van der Waals surface area contributed by atoms with Crippen LogP contribution in [0.5, 0.6) is 0 Å². The zero-order valence-electron chi connectivity index (χ0n) is 14.1. The lowest BCUT2D eigenvalue weighted by atomic mass is 9.49. The summed E-state index contributed by atoms with van der Waals surface area (Å²) in [4.78, 5) is 31.0. The van der Waals surface area contributed by atoms with E-state index in [0.29, 0.717) is 25.5 Å². The molecule has 0 unspecified atom stereocenters. The van der Waals surface area contributed by atoms with Crippen molar-refractivity contribution in [2.75, 3.05) is 6.54 Å². The second-order valence-corrected chi connectivity index (χ2v) is 8.44. The third kappa shape index (κ3) is 2.30. The summed E-state index contributed by atoms with van der Waals surface area (Å²) in [6.07, 6.45) is 7.12. The fourth-order valence-corrected chi connectivity index (χ4v) is 6.16. The Morgan fingerprint density at radius 1 is 1.08 bits per heavy atom. The van der Waals surface area contributed by atoms with Gasteiger partial charge < -0.3 is 4.90 Å². The molecule has 1 aromatic heterocycles. The number of carbonyl (C=O) groups is 2. The molecule has 1 aliphatic heterocycles. The van der Waals surface area contributed by atoms with Crippen LogP contribution >= 0.6 is 0 Å². The molecule has 25 heavy (non-hydrogen) atoms. The predicted molar refractivity (Wildman–Crippen MR) is 85.3 cm³/mol. The number of aromatic nitrogens is 3. The molecule has 0 spiro atoms. The van der Waals surface area contributed by atoms with Crippen LogP contribution in [0.25, 0.3) is 0 Å². The molecule has 8 nitrogen and oxygen atoms in total. The van der Waals surface area contributed by atoms with Crippen molar-refractivity contribution in [3.05, 3.63) is 11.6 Å². The van der Waals surface area contributed by atoms with Gasteiger partial charge in [-0.25, -0.2) is 15.1 Å². The van der Waals surface area contributed by atoms with Crippen molar-refractivity contribution in [3.63, 3.8) is 0 Å². The molecule has 4 saturated carbocycles. The summed E-state index contributed by atoms with van der Waals surface area (Å²) in [5.74, 6) is 2.34. The number of rotatable bonds is 2. The van der Waals surface area contributed by atoms with Crippen LogP contribution in [0.15, 0.2) is 0 Å². The largest absolute Gasteiger partial charge is 0.333 e. The van der Waals surface area contributed by atoms with Gasteiger partial charge in [-0.2, -0.15) is 0 Å². The molecule has 0 aromatic carbocycles. The Morgan fingerprint density at radius 2 is 1.72 bits per heavy atom. The van der Waals surface area contributed by atoms with Crippen LogP contribution in [0.2, 0.25) is 0 Å². The standard InChI is InChI=1S/C17H23N5O3/c23-15(20-25)14-18-13-9-21(1-2-22(13)19-14)16(24)17-6-10-3-11(7-17)5-12(4-10)8-17/h10-12,25H,1-9H2,(H,20,23). The normalized spacial score (nSPS) is 35.6. The average molecular weight is 345 g/mol. The van der Waals surface area contributed by atoms with E-state index >= 15 is 0 Å². The summed E-state index contributed by atoms with van der Waals surface area (Å²) in [5.41, 5.74) is 1.41. The molecule has 4 bridgehead atoms. The Balaban J connectivity index is 1.37. The first-order valence-corrected chi connectivity index (χ1v) is 9.24. The average Bonchev–Trinajstić information content (AvgIpc) is 3.02. The van der Waals surface area contributed by atoms with E-state index in [1.165, 1.54) is 19.3 Å². The minimum atomic E-state index is -0.721. The summed E-state index contributed by atoms with van der Waals surface area (Å²) in [5, 5.41) is 12.8. The number of nitrogens with one attached hydrogen (secondary N) is 1. The first kappa shape index (κ1) is 15.3. The minimum Gasteiger partial charge on any atom is -0.333 e. The molecule has 1 aromatic rings. The van der Waals surface area contributed by atoms with Crippen molar-refractivity contribution < 1.29 is 14.8 Å². The van der Waals surface area contributed by atoms with Gasteiger partial charge in [0.25, 0.3) is 0 Å². The van der Waals surface area contributed by atoms with Crippen LogP contribution in [0.1, 0.15) is 55.0 Å². The smallest absolute Gasteiger partial charge is 0.314 e. The van der Waals surface area contributed by atoms with E-state index in [1.807, 2.05) is 4.90 Å². The van der Waals surface area contributed by atoms with Crippen molar-refractivity contribution in [1.29, 1.82) is 0 Å². The van der Waals surface area contributed by atoms with E-state index in [0.717, 1.165) is 37.0 Å². The quantitative estimate of drug-likeness (QED) is 0.614. The fraction of sp³-hybridized carbons (Fsp3) is 0.765. The molecule has 0 atom stereocenters. The maximum atomic E-state index is 13.4. The van der Waals surface area contributed by atoms with E-state index in [9.17, 15) is 9.59 Å². The van der Waals surface area contributed by atoms with Gasteiger partial charge in [-0.3, -0.25) is 14.8 Å². The van der Waals surface area contributed by atoms with Gasteiger partial charge in [0.05, 0.1) is 18.5 Å². The van der Waals surface area contributed by atoms with Crippen LogP contribution in [0, 0.1) is 23.2 Å². The van der Waals surface area contributed by atoms with Gasteiger partial charge in [0.1, 0.15) is 5.82 Å². The van der Waals surface area contributed by atoms with E-state index in [1.54, 1.807) is 10.2 Å². The topological polar surface area (TPSA) is 100 Å². The van der Waals surface area contributed by atoms with Gasteiger partial charge in [0.15, 0.2) is 0 Å². The van der Waals surface area contributed by atoms with Gasteiger partial charge in [-0.1, -0.05) is 0 Å². The van der Waals surface area contributed by atoms with Crippen LogP contribution < -0.4 is 5.48 Å². The molecule has 5 aliphatic rings. The molecule has 134 valence electrons. The highest BCUT2D eigenvalue weighted by Gasteiger charge is 2.55. The molecule has 2 heterocycles. The van der Waals surface area contributed by atoms with Crippen molar-refractivity contribution in [2.45, 2.75) is 51.6 Å². The number of amides is 2. The Hall–Kier alpha value is -1.96. The Kier molecular flexibility index (Phi) is 3.22. The molecule has 0 saturated heterocycles. The maximum absolute atomic E-state index is 13.4. The second-order valence-electron chi connectivity index (χ2n) is 8.44. The van der Waals surface area contributed by atoms with E-state index in [4.69, 9.17) is 5.21 Å². The maximum Gasteiger partial charge on any atom is 0.314 e. The summed E-state index contributed by atoms with van der Waals surface area (Å²) < 4.78 is 1.66. The third-order valence-corrected chi connectivity index (χ3v) is 6.75. The summed E-state index contributed by atoms with van der Waals surface area (Å²) in [6.45, 7) is 1.54. The van der Waals surface area contributed by atoms with E-state index < -0.39 is 5.91 Å². The van der Waals surface area contributed by atoms with Crippen LogP contribution in [-0.4, -0.2) is 43.2 Å². The van der Waals surface area contributed by atoms with Gasteiger partial charge in [-0.15, -0.1) is 5.10 Å². The lowest BCUT2D eigenvalue weighted by molar-refractivity contribution is -0.159. The van der Waals surface area contributed by atoms with Gasteiger partial charge in [0.2, 0.25) is 11.7 Å². The molecule has 6 rings (SSSR count). The first-order chi connectivity index (χ1) is 12.1. The number of hydroxylamine groups is 1. The molecule has 4 fully saturated rings. The summed E-state index contributed by atoms with van der Waals surface area (Å²) in [7, 11) is 0. The second kappa shape index (κ2) is 5.27. The van der Waals surface area contributed by atoms with Gasteiger partial charge in [0, 0.05) is 6.54 Å². The lowest BCUT2D eigenvalue weighted by Gasteiger charge is -2.56. The third-order valence-electron chi connectivity index (χ3n) is 6.75. The number of fused-ring (bicyclic) bond motifs is 1. The van der Waals surface area contributed by atoms with Crippen LogP contribution in [0.3, 0.4) is 0 Å². The summed E-state index contributed by atoms with van der Waals surface area (Å²) in [6, 6.07) is 0. The Bertz CT molecular complexity index is 707. The SMILES string of the molecule is O=C(NO)c1nc2n(n1)CCN(C(=O)C13CC4CC(CC(C4)C1)C3)C2. The first-order valence-electron chi connectivity index (χ1n) is 9.24. The van der Waals surface area contributed by atoms with Gasteiger partial charge >= 0.3 is 5.91 Å². The zero-order valence-corrected chi connectivity index (χ0v) is 14.1. The van der Waals surface area contributed by atoms with Crippen molar-refractivity contribution in [1.82, 2.24) is 25.1 Å². The highest BCUT2D eigenvalue weighted by molar-refractivity contribution is 5.89. The fourth-order valence-electron chi connectivity index (χ4n) is 6.16. The zero-order chi connectivity index (χ0) is 17.2. The highest BCUT2D eigenvalue weighted by atomic mass is 16.5. The van der Waals surface area contributed by atoms with E-state index in [-0.39, 0.29) is 17.1 Å². The van der Waals surface area contributed by atoms with Gasteiger partial charge in [-0.05, 0) is 56.3 Å². The van der Waals surface area contributed by atoms with Crippen LogP contribution in [0.4, 0.5) is 0 Å². The molecular weight excluding hydrogens is 322 g/mol. The molecule has 2 N–H and O–H groups in total. The molecule has 2 amide bonds. The molecule has 0 radical (unpaired) electrons. The number of carbonyl (C=O) groups excluding carboxylic acids is 2. The highest BCUT2D eigenvalue weighted by Crippen LogP contribution is 2.60. The number of hydrogen-bond acceptors (Lipinski definition) is 5. The Labute approximate surface area is 145 Å². The monoisotopic (exact) mass is 345 g/mol. The summed E-state index contributed by atoms with van der Waals surface area (Å²) >= 11 is 0. The molecule has 8 heteroatoms. The predicted octanol–water partition coefficient (Wildman–Crippen LogP) is 0.956. The number of nitrogens with zero attached hydrogens (tertiary/aromatic N) is 4. The van der Waals surface area contributed by atoms with Crippen LogP contribution in [-0.2, 0) is 17.9 Å². The Morgan fingerprint density at radius 3 is 2.32 bits per heavy atom. The molecule has 4 aliphatic carbocycles. The number of hydrogen-bond donors (Lipinski definition) is 2. The van der Waals surface area contributed by atoms with E-state index in [2.05, 4.69) is 10.1 Å². The minimum absolute atomic E-state index is 0.0541. The van der Waals surface area contributed by atoms with Crippen molar-refractivity contribution in [2.24, 2.45) is 23.2 Å². The van der Waals surface area contributed by atoms with Crippen molar-refractivity contribution >= 4 is 11.8 Å². The lowest BCUT2D eigenvalue weighted by Crippen LogP contribution is -2.55.